The minimum absolute atomic E-state index is 0.133. The third kappa shape index (κ3) is 3.57. The van der Waals surface area contributed by atoms with E-state index in [-0.39, 0.29) is 17.2 Å². The molecule has 0 saturated heterocycles. The summed E-state index contributed by atoms with van der Waals surface area (Å²) in [5.41, 5.74) is 0.953. The van der Waals surface area contributed by atoms with Crippen molar-refractivity contribution < 1.29 is 9.90 Å². The highest BCUT2D eigenvalue weighted by Crippen LogP contribution is 2.22. The SMILES string of the molecule is CC(Sc1nc2ccccc2c(=O)[nH]1)C(=O)Nc1ccc(O)cc1. The van der Waals surface area contributed by atoms with Crippen LogP contribution in [0.1, 0.15) is 6.92 Å². The van der Waals surface area contributed by atoms with Gasteiger partial charge in [-0.3, -0.25) is 9.59 Å². The van der Waals surface area contributed by atoms with Crippen LogP contribution in [-0.4, -0.2) is 26.2 Å². The smallest absolute Gasteiger partial charge is 0.259 e. The number of anilines is 1. The summed E-state index contributed by atoms with van der Waals surface area (Å²) in [6, 6.07) is 13.3. The zero-order valence-electron chi connectivity index (χ0n) is 12.8. The highest BCUT2D eigenvalue weighted by atomic mass is 32.2. The zero-order chi connectivity index (χ0) is 17.1. The number of phenols is 1. The molecule has 0 spiro atoms. The van der Waals surface area contributed by atoms with Gasteiger partial charge in [0, 0.05) is 5.69 Å². The van der Waals surface area contributed by atoms with Crippen molar-refractivity contribution in [3.05, 3.63) is 58.9 Å². The molecule has 7 heteroatoms. The number of aromatic amines is 1. The number of fused-ring (bicyclic) bond motifs is 1. The number of H-pyrrole nitrogens is 1. The van der Waals surface area contributed by atoms with Gasteiger partial charge in [-0.05, 0) is 43.3 Å². The molecule has 3 N–H and O–H groups in total. The summed E-state index contributed by atoms with van der Waals surface area (Å²) in [7, 11) is 0. The van der Waals surface area contributed by atoms with Gasteiger partial charge in [0.15, 0.2) is 5.16 Å². The first kappa shape index (κ1) is 16.1. The Morgan fingerprint density at radius 2 is 1.92 bits per heavy atom. The molecule has 1 amide bonds. The lowest BCUT2D eigenvalue weighted by Crippen LogP contribution is -2.23. The van der Waals surface area contributed by atoms with Crippen LogP contribution in [0.2, 0.25) is 0 Å². The van der Waals surface area contributed by atoms with E-state index in [1.165, 1.54) is 23.9 Å². The molecular weight excluding hydrogens is 326 g/mol. The molecule has 1 aromatic heterocycles. The molecule has 3 aromatic rings. The van der Waals surface area contributed by atoms with Gasteiger partial charge in [-0.15, -0.1) is 0 Å². The van der Waals surface area contributed by atoms with E-state index < -0.39 is 5.25 Å². The van der Waals surface area contributed by atoms with Crippen LogP contribution in [0.3, 0.4) is 0 Å². The Balaban J connectivity index is 1.74. The number of carbonyl (C=O) groups is 1. The third-order valence-corrected chi connectivity index (χ3v) is 4.37. The molecule has 3 rings (SSSR count). The van der Waals surface area contributed by atoms with Gasteiger partial charge in [0.05, 0.1) is 16.2 Å². The van der Waals surface area contributed by atoms with Crippen molar-refractivity contribution in [2.45, 2.75) is 17.3 Å². The fourth-order valence-electron chi connectivity index (χ4n) is 2.13. The second-order valence-electron chi connectivity index (χ2n) is 5.18. The summed E-state index contributed by atoms with van der Waals surface area (Å²) < 4.78 is 0. The number of para-hydroxylation sites is 1. The Kier molecular flexibility index (Phi) is 4.52. The van der Waals surface area contributed by atoms with Crippen LogP contribution < -0.4 is 10.9 Å². The van der Waals surface area contributed by atoms with E-state index in [1.807, 2.05) is 6.07 Å². The van der Waals surface area contributed by atoms with Crippen molar-refractivity contribution in [2.24, 2.45) is 0 Å². The normalized spacial score (nSPS) is 12.0. The van der Waals surface area contributed by atoms with Crippen LogP contribution >= 0.6 is 11.8 Å². The molecule has 0 radical (unpaired) electrons. The number of carbonyl (C=O) groups excluding carboxylic acids is 1. The molecule has 0 bridgehead atoms. The fraction of sp³-hybridized carbons (Fsp3) is 0.118. The van der Waals surface area contributed by atoms with Gasteiger partial charge in [-0.1, -0.05) is 23.9 Å². The van der Waals surface area contributed by atoms with Crippen molar-refractivity contribution in [3.63, 3.8) is 0 Å². The monoisotopic (exact) mass is 341 g/mol. The predicted molar refractivity (Wildman–Crippen MR) is 94.4 cm³/mol. The molecular formula is C17H15N3O3S. The molecule has 0 aliphatic rings. The number of nitrogens with one attached hydrogen (secondary N) is 2. The minimum Gasteiger partial charge on any atom is -0.508 e. The molecule has 1 atom stereocenters. The highest BCUT2D eigenvalue weighted by molar-refractivity contribution is 8.00. The first-order valence-corrected chi connectivity index (χ1v) is 8.16. The minimum atomic E-state index is -0.455. The number of amides is 1. The Hall–Kier alpha value is -2.80. The molecule has 0 fully saturated rings. The second kappa shape index (κ2) is 6.76. The topological polar surface area (TPSA) is 95.1 Å². The van der Waals surface area contributed by atoms with Crippen molar-refractivity contribution in [1.82, 2.24) is 9.97 Å². The van der Waals surface area contributed by atoms with Gasteiger partial charge >= 0.3 is 0 Å². The van der Waals surface area contributed by atoms with Gasteiger partial charge in [-0.2, -0.15) is 0 Å². The van der Waals surface area contributed by atoms with Crippen LogP contribution in [0.25, 0.3) is 10.9 Å². The van der Waals surface area contributed by atoms with E-state index in [0.29, 0.717) is 21.7 Å². The summed E-state index contributed by atoms with van der Waals surface area (Å²) in [6.45, 7) is 1.73. The summed E-state index contributed by atoms with van der Waals surface area (Å²) in [6.07, 6.45) is 0. The standard InChI is InChI=1S/C17H15N3O3S/c1-10(15(22)18-11-6-8-12(21)9-7-11)24-17-19-14-5-3-2-4-13(14)16(23)20-17/h2-10,21H,1H3,(H,18,22)(H,19,20,23). The molecule has 1 unspecified atom stereocenters. The quantitative estimate of drug-likeness (QED) is 0.385. The first-order chi connectivity index (χ1) is 11.5. The molecule has 6 nitrogen and oxygen atoms in total. The summed E-state index contributed by atoms with van der Waals surface area (Å²) in [4.78, 5) is 31.3. The number of aromatic hydroxyl groups is 1. The largest absolute Gasteiger partial charge is 0.508 e. The third-order valence-electron chi connectivity index (χ3n) is 3.38. The van der Waals surface area contributed by atoms with Crippen LogP contribution in [0.4, 0.5) is 5.69 Å². The lowest BCUT2D eigenvalue weighted by Gasteiger charge is -2.11. The number of thioether (sulfide) groups is 1. The molecule has 122 valence electrons. The summed E-state index contributed by atoms with van der Waals surface area (Å²) in [5, 5.41) is 12.5. The number of rotatable bonds is 4. The number of hydrogen-bond acceptors (Lipinski definition) is 5. The van der Waals surface area contributed by atoms with Crippen molar-refractivity contribution in [3.8, 4) is 5.75 Å². The average molecular weight is 341 g/mol. The van der Waals surface area contributed by atoms with Crippen LogP contribution in [0.15, 0.2) is 58.5 Å². The lowest BCUT2D eigenvalue weighted by atomic mass is 10.2. The maximum Gasteiger partial charge on any atom is 0.259 e. The van der Waals surface area contributed by atoms with Gasteiger partial charge in [0.2, 0.25) is 5.91 Å². The first-order valence-electron chi connectivity index (χ1n) is 7.28. The second-order valence-corrected chi connectivity index (χ2v) is 6.51. The maximum absolute atomic E-state index is 12.2. The molecule has 0 saturated carbocycles. The van der Waals surface area contributed by atoms with E-state index in [9.17, 15) is 14.7 Å². The maximum atomic E-state index is 12.2. The fourth-order valence-corrected chi connectivity index (χ4v) is 2.93. The number of phenolic OH excluding ortho intramolecular Hbond substituents is 1. The lowest BCUT2D eigenvalue weighted by molar-refractivity contribution is -0.115. The molecule has 0 aliphatic carbocycles. The van der Waals surface area contributed by atoms with Gasteiger partial charge in [0.1, 0.15) is 5.75 Å². The highest BCUT2D eigenvalue weighted by Gasteiger charge is 2.16. The molecule has 2 aromatic carbocycles. The van der Waals surface area contributed by atoms with Crippen molar-refractivity contribution >= 4 is 34.3 Å². The van der Waals surface area contributed by atoms with E-state index in [2.05, 4.69) is 15.3 Å². The van der Waals surface area contributed by atoms with Gasteiger partial charge in [-0.25, -0.2) is 4.98 Å². The van der Waals surface area contributed by atoms with E-state index >= 15 is 0 Å². The van der Waals surface area contributed by atoms with E-state index in [0.717, 1.165) is 0 Å². The average Bonchev–Trinajstić information content (AvgIpc) is 2.57. The van der Waals surface area contributed by atoms with Crippen LogP contribution in [0, 0.1) is 0 Å². The number of benzene rings is 2. The molecule has 24 heavy (non-hydrogen) atoms. The van der Waals surface area contributed by atoms with Gasteiger partial charge in [0.25, 0.3) is 5.56 Å². The summed E-state index contributed by atoms with van der Waals surface area (Å²) in [5.74, 6) is -0.0881. The van der Waals surface area contributed by atoms with E-state index in [1.54, 1.807) is 37.3 Å². The van der Waals surface area contributed by atoms with Crippen LogP contribution in [-0.2, 0) is 4.79 Å². The molecule has 1 heterocycles. The van der Waals surface area contributed by atoms with Crippen molar-refractivity contribution in [1.29, 1.82) is 0 Å². The molecule has 0 aliphatic heterocycles. The Labute approximate surface area is 141 Å². The Morgan fingerprint density at radius 3 is 2.67 bits per heavy atom. The number of aromatic nitrogens is 2. The van der Waals surface area contributed by atoms with Gasteiger partial charge < -0.3 is 15.4 Å². The predicted octanol–water partition coefficient (Wildman–Crippen LogP) is 2.75. The number of nitrogens with zero attached hydrogens (tertiary/aromatic N) is 1. The number of hydrogen-bond donors (Lipinski definition) is 3. The Morgan fingerprint density at radius 1 is 1.21 bits per heavy atom. The zero-order valence-corrected chi connectivity index (χ0v) is 13.6. The summed E-state index contributed by atoms with van der Waals surface area (Å²) >= 11 is 1.17. The Bertz CT molecular complexity index is 938. The van der Waals surface area contributed by atoms with Crippen molar-refractivity contribution in [2.75, 3.05) is 5.32 Å². The van der Waals surface area contributed by atoms with E-state index in [4.69, 9.17) is 0 Å². The van der Waals surface area contributed by atoms with Crippen LogP contribution in [0.5, 0.6) is 5.75 Å².